The molecular weight excluding hydrogens is 351 g/mol. The van der Waals surface area contributed by atoms with Gasteiger partial charge >= 0.3 is 0 Å². The van der Waals surface area contributed by atoms with Gasteiger partial charge in [0.05, 0.1) is 0 Å². The van der Waals surface area contributed by atoms with Crippen LogP contribution in [0.5, 0.6) is 0 Å². The smallest absolute Gasteiger partial charge is 0.293 e. The maximum absolute atomic E-state index is 12.5. The number of fused-ring (bicyclic) bond motifs is 1. The summed E-state index contributed by atoms with van der Waals surface area (Å²) in [5, 5.41) is 7.48. The third kappa shape index (κ3) is 4.34. The van der Waals surface area contributed by atoms with Crippen LogP contribution in [0.15, 0.2) is 12.3 Å². The number of rotatable bonds is 4. The third-order valence-electron chi connectivity index (χ3n) is 4.33. The van der Waals surface area contributed by atoms with E-state index in [1.807, 2.05) is 24.9 Å². The molecule has 3 heterocycles. The van der Waals surface area contributed by atoms with Gasteiger partial charge in [0.15, 0.2) is 0 Å². The van der Waals surface area contributed by atoms with Crippen LogP contribution in [0.4, 0.5) is 0 Å². The Morgan fingerprint density at radius 2 is 2.04 bits per heavy atom. The Bertz CT molecular complexity index is 669. The number of aryl methyl sites for hydroxylation is 1. The van der Waals surface area contributed by atoms with Crippen molar-refractivity contribution in [2.45, 2.75) is 26.2 Å². The minimum atomic E-state index is -0.0861. The van der Waals surface area contributed by atoms with Crippen molar-refractivity contribution in [2.24, 2.45) is 5.92 Å². The van der Waals surface area contributed by atoms with E-state index in [1.165, 1.54) is 6.42 Å². The molecule has 2 aromatic rings. The van der Waals surface area contributed by atoms with E-state index < -0.39 is 0 Å². The molecule has 134 valence electrons. The predicted molar refractivity (Wildman–Crippen MR) is 97.2 cm³/mol. The van der Waals surface area contributed by atoms with Crippen molar-refractivity contribution in [1.82, 2.24) is 29.8 Å². The second-order valence-corrected chi connectivity index (χ2v) is 5.86. The molecule has 1 N–H and O–H groups in total. The van der Waals surface area contributed by atoms with Gasteiger partial charge in [0.2, 0.25) is 5.82 Å². The van der Waals surface area contributed by atoms with Gasteiger partial charge in [-0.1, -0.05) is 0 Å². The second kappa shape index (κ2) is 9.15. The number of aromatic nitrogens is 4. The zero-order chi connectivity index (χ0) is 15.5. The highest BCUT2D eigenvalue weighted by Crippen LogP contribution is 2.21. The normalized spacial score (nSPS) is 15.0. The molecule has 0 spiro atoms. The van der Waals surface area contributed by atoms with Gasteiger partial charge in [-0.2, -0.15) is 4.98 Å². The number of carbonyl (C=O) groups excluding carboxylic acids is 1. The molecule has 1 aliphatic heterocycles. The average Bonchev–Trinajstić information content (AvgIpc) is 2.98. The molecule has 9 heteroatoms. The van der Waals surface area contributed by atoms with E-state index in [1.54, 1.807) is 10.7 Å². The number of halogens is 2. The van der Waals surface area contributed by atoms with Crippen molar-refractivity contribution in [3.63, 3.8) is 0 Å². The molecule has 24 heavy (non-hydrogen) atoms. The molecule has 0 unspecified atom stereocenters. The van der Waals surface area contributed by atoms with Crippen LogP contribution in [0.2, 0.25) is 0 Å². The molecular formula is C15H24Cl2N6O. The number of carbonyl (C=O) groups is 1. The number of nitrogens with one attached hydrogen (secondary N) is 1. The van der Waals surface area contributed by atoms with Crippen LogP contribution >= 0.6 is 24.8 Å². The Morgan fingerprint density at radius 1 is 1.33 bits per heavy atom. The molecule has 3 rings (SSSR count). The van der Waals surface area contributed by atoms with Gasteiger partial charge in [-0.05, 0) is 51.8 Å². The summed E-state index contributed by atoms with van der Waals surface area (Å²) in [4.78, 5) is 22.8. The highest BCUT2D eigenvalue weighted by molar-refractivity contribution is 5.91. The van der Waals surface area contributed by atoms with Crippen molar-refractivity contribution in [3.8, 4) is 0 Å². The van der Waals surface area contributed by atoms with E-state index in [-0.39, 0.29) is 36.5 Å². The Morgan fingerprint density at radius 3 is 2.67 bits per heavy atom. The van der Waals surface area contributed by atoms with E-state index in [0.717, 1.165) is 38.2 Å². The Balaban J connectivity index is 0.00000144. The number of piperidine rings is 1. The van der Waals surface area contributed by atoms with Gasteiger partial charge in [-0.15, -0.1) is 29.9 Å². The number of amides is 1. The quantitative estimate of drug-likeness (QED) is 0.881. The molecule has 0 aromatic carbocycles. The Hall–Kier alpha value is -1.44. The van der Waals surface area contributed by atoms with Gasteiger partial charge < -0.3 is 10.2 Å². The average molecular weight is 375 g/mol. The van der Waals surface area contributed by atoms with Crippen LogP contribution in [0.1, 0.15) is 35.6 Å². The van der Waals surface area contributed by atoms with E-state index >= 15 is 0 Å². The molecule has 1 amide bonds. The van der Waals surface area contributed by atoms with Crippen LogP contribution < -0.4 is 5.32 Å². The first-order valence-corrected chi connectivity index (χ1v) is 7.81. The highest BCUT2D eigenvalue weighted by Gasteiger charge is 2.26. The molecule has 0 aliphatic carbocycles. The standard InChI is InChI=1S/C15H22N6O.2ClH/c1-11-3-8-17-15-18-13(19-21(11)15)14(22)20-9-5-12(6-10-20)4-7-16-2;;/h3,8,12,16H,4-7,9-10H2,1-2H3;2*1H. The zero-order valence-electron chi connectivity index (χ0n) is 13.9. The second-order valence-electron chi connectivity index (χ2n) is 5.86. The number of nitrogens with zero attached hydrogens (tertiary/aromatic N) is 5. The lowest BCUT2D eigenvalue weighted by atomic mass is 9.93. The maximum atomic E-state index is 12.5. The maximum Gasteiger partial charge on any atom is 0.293 e. The molecule has 0 saturated carbocycles. The highest BCUT2D eigenvalue weighted by atomic mass is 35.5. The molecule has 7 nitrogen and oxygen atoms in total. The van der Waals surface area contributed by atoms with Crippen LogP contribution in [-0.2, 0) is 0 Å². The molecule has 0 bridgehead atoms. The summed E-state index contributed by atoms with van der Waals surface area (Å²) < 4.78 is 1.62. The van der Waals surface area contributed by atoms with E-state index in [2.05, 4.69) is 20.4 Å². The Labute approximate surface area is 154 Å². The molecule has 0 radical (unpaired) electrons. The Kier molecular flexibility index (Phi) is 7.86. The third-order valence-corrected chi connectivity index (χ3v) is 4.33. The van der Waals surface area contributed by atoms with Crippen LogP contribution in [0.3, 0.4) is 0 Å². The summed E-state index contributed by atoms with van der Waals surface area (Å²) in [7, 11) is 1.98. The summed E-state index contributed by atoms with van der Waals surface area (Å²) in [6.07, 6.45) is 4.96. The van der Waals surface area contributed by atoms with E-state index in [9.17, 15) is 4.79 Å². The SMILES string of the molecule is CNCCC1CCN(C(=O)c2nc3nccc(C)n3n2)CC1.Cl.Cl. The largest absolute Gasteiger partial charge is 0.336 e. The van der Waals surface area contributed by atoms with Gasteiger partial charge in [-0.25, -0.2) is 9.50 Å². The molecule has 2 aromatic heterocycles. The summed E-state index contributed by atoms with van der Waals surface area (Å²) in [5.74, 6) is 1.34. The first-order valence-electron chi connectivity index (χ1n) is 7.81. The van der Waals surface area contributed by atoms with Crippen LogP contribution in [-0.4, -0.2) is 57.1 Å². The summed E-state index contributed by atoms with van der Waals surface area (Å²) in [6.45, 7) is 4.53. The van der Waals surface area contributed by atoms with E-state index in [4.69, 9.17) is 0 Å². The topological polar surface area (TPSA) is 75.4 Å². The summed E-state index contributed by atoms with van der Waals surface area (Å²) >= 11 is 0. The van der Waals surface area contributed by atoms with Gasteiger partial charge in [0, 0.05) is 25.0 Å². The van der Waals surface area contributed by atoms with E-state index in [0.29, 0.717) is 11.7 Å². The van der Waals surface area contributed by atoms with Crippen molar-refractivity contribution in [1.29, 1.82) is 0 Å². The first kappa shape index (κ1) is 20.6. The zero-order valence-corrected chi connectivity index (χ0v) is 15.6. The molecule has 1 fully saturated rings. The number of likely N-dealkylation sites (tertiary alicyclic amines) is 1. The van der Waals surface area contributed by atoms with Gasteiger partial charge in [0.25, 0.3) is 11.7 Å². The monoisotopic (exact) mass is 374 g/mol. The lowest BCUT2D eigenvalue weighted by Gasteiger charge is -2.31. The fourth-order valence-electron chi connectivity index (χ4n) is 2.91. The molecule has 1 saturated heterocycles. The van der Waals surface area contributed by atoms with Crippen molar-refractivity contribution in [2.75, 3.05) is 26.7 Å². The number of hydrogen-bond acceptors (Lipinski definition) is 5. The van der Waals surface area contributed by atoms with Crippen molar-refractivity contribution in [3.05, 3.63) is 23.8 Å². The van der Waals surface area contributed by atoms with Gasteiger partial charge in [-0.3, -0.25) is 4.79 Å². The summed E-state index contributed by atoms with van der Waals surface area (Å²) in [6, 6.07) is 1.85. The van der Waals surface area contributed by atoms with Crippen LogP contribution in [0.25, 0.3) is 5.78 Å². The fourth-order valence-corrected chi connectivity index (χ4v) is 2.91. The number of hydrogen-bond donors (Lipinski definition) is 1. The minimum Gasteiger partial charge on any atom is -0.336 e. The van der Waals surface area contributed by atoms with Crippen LogP contribution in [0, 0.1) is 12.8 Å². The molecule has 0 atom stereocenters. The minimum absolute atomic E-state index is 0. The summed E-state index contributed by atoms with van der Waals surface area (Å²) in [5.41, 5.74) is 0.919. The van der Waals surface area contributed by atoms with Gasteiger partial charge in [0.1, 0.15) is 0 Å². The predicted octanol–water partition coefficient (Wildman–Crippen LogP) is 1.74. The lowest BCUT2D eigenvalue weighted by Crippen LogP contribution is -2.39. The van der Waals surface area contributed by atoms with Crippen molar-refractivity contribution >= 4 is 36.5 Å². The van der Waals surface area contributed by atoms with Crippen molar-refractivity contribution < 1.29 is 4.79 Å². The fraction of sp³-hybridized carbons (Fsp3) is 0.600. The first-order chi connectivity index (χ1) is 10.7. The lowest BCUT2D eigenvalue weighted by molar-refractivity contribution is 0.0675. The molecule has 1 aliphatic rings.